The minimum atomic E-state index is 0.337. The van der Waals surface area contributed by atoms with Gasteiger partial charge in [0.2, 0.25) is 0 Å². The second-order valence-electron chi connectivity index (χ2n) is 4.96. The molecule has 100 valence electrons. The molecule has 1 aromatic heterocycles. The molecule has 1 aromatic carbocycles. The molecule has 2 aromatic rings. The summed E-state index contributed by atoms with van der Waals surface area (Å²) in [6.45, 7) is 6.31. The quantitative estimate of drug-likeness (QED) is 0.917. The van der Waals surface area contributed by atoms with Crippen LogP contribution in [0.25, 0.3) is 11.4 Å². The van der Waals surface area contributed by atoms with Crippen molar-refractivity contribution in [2.45, 2.75) is 39.3 Å². The molecule has 4 nitrogen and oxygen atoms in total. The smallest absolute Gasteiger partial charge is 0.164 e. The molecule has 4 heteroatoms. The lowest BCUT2D eigenvalue weighted by Gasteiger charge is -2.24. The second kappa shape index (κ2) is 5.13. The average molecular weight is 256 g/mol. The number of benzene rings is 1. The van der Waals surface area contributed by atoms with Crippen molar-refractivity contribution in [2.75, 3.05) is 6.54 Å². The Balaban J connectivity index is 2.09. The molecular formula is C15H20N4. The van der Waals surface area contributed by atoms with E-state index >= 15 is 0 Å². The van der Waals surface area contributed by atoms with Gasteiger partial charge in [-0.1, -0.05) is 38.1 Å². The van der Waals surface area contributed by atoms with E-state index in [-0.39, 0.29) is 0 Å². The SMILES string of the molecule is CCc1ccccc1-c1nnc2n1CCNC2CC. The maximum atomic E-state index is 4.45. The van der Waals surface area contributed by atoms with Gasteiger partial charge in [-0.25, -0.2) is 0 Å². The van der Waals surface area contributed by atoms with E-state index in [1.807, 2.05) is 0 Å². The van der Waals surface area contributed by atoms with E-state index in [2.05, 4.69) is 58.2 Å². The number of aryl methyl sites for hydroxylation is 1. The number of fused-ring (bicyclic) bond motifs is 1. The fraction of sp³-hybridized carbons (Fsp3) is 0.467. The van der Waals surface area contributed by atoms with Crippen LogP contribution in [0.15, 0.2) is 24.3 Å². The van der Waals surface area contributed by atoms with E-state index in [1.165, 1.54) is 11.1 Å². The van der Waals surface area contributed by atoms with Gasteiger partial charge in [0, 0.05) is 18.7 Å². The Hall–Kier alpha value is -1.68. The number of rotatable bonds is 3. The zero-order valence-corrected chi connectivity index (χ0v) is 11.6. The van der Waals surface area contributed by atoms with Gasteiger partial charge in [-0.3, -0.25) is 0 Å². The van der Waals surface area contributed by atoms with Gasteiger partial charge in [0.15, 0.2) is 11.6 Å². The van der Waals surface area contributed by atoms with E-state index in [0.29, 0.717) is 6.04 Å². The lowest BCUT2D eigenvalue weighted by Crippen LogP contribution is -2.33. The Labute approximate surface area is 113 Å². The number of nitrogens with zero attached hydrogens (tertiary/aromatic N) is 3. The maximum Gasteiger partial charge on any atom is 0.164 e. The predicted octanol–water partition coefficient (Wildman–Crippen LogP) is 2.56. The molecule has 0 spiro atoms. The number of hydrogen-bond acceptors (Lipinski definition) is 3. The topological polar surface area (TPSA) is 42.7 Å². The first-order chi connectivity index (χ1) is 9.35. The van der Waals surface area contributed by atoms with Crippen molar-refractivity contribution in [1.82, 2.24) is 20.1 Å². The summed E-state index contributed by atoms with van der Waals surface area (Å²) in [7, 11) is 0. The second-order valence-corrected chi connectivity index (χ2v) is 4.96. The molecule has 0 saturated carbocycles. The number of aromatic nitrogens is 3. The molecule has 1 aliphatic rings. The molecule has 0 radical (unpaired) electrons. The van der Waals surface area contributed by atoms with Crippen molar-refractivity contribution in [3.8, 4) is 11.4 Å². The molecule has 19 heavy (non-hydrogen) atoms. The van der Waals surface area contributed by atoms with Gasteiger partial charge in [0.1, 0.15) is 0 Å². The van der Waals surface area contributed by atoms with E-state index in [0.717, 1.165) is 37.6 Å². The third-order valence-electron chi connectivity index (χ3n) is 3.86. The molecular weight excluding hydrogens is 236 g/mol. The molecule has 0 amide bonds. The minimum absolute atomic E-state index is 0.337. The molecule has 1 aliphatic heterocycles. The van der Waals surface area contributed by atoms with Crippen LogP contribution in [0.5, 0.6) is 0 Å². The normalized spacial score (nSPS) is 18.3. The fourth-order valence-corrected chi connectivity index (χ4v) is 2.81. The van der Waals surface area contributed by atoms with Gasteiger partial charge in [0.25, 0.3) is 0 Å². The Morgan fingerprint density at radius 2 is 2.11 bits per heavy atom. The molecule has 0 bridgehead atoms. The van der Waals surface area contributed by atoms with Gasteiger partial charge in [-0.15, -0.1) is 10.2 Å². The maximum absolute atomic E-state index is 4.45. The summed E-state index contributed by atoms with van der Waals surface area (Å²) in [6.07, 6.45) is 2.07. The summed E-state index contributed by atoms with van der Waals surface area (Å²) >= 11 is 0. The predicted molar refractivity (Wildman–Crippen MR) is 75.9 cm³/mol. The van der Waals surface area contributed by atoms with Crippen LogP contribution in [-0.4, -0.2) is 21.3 Å². The first-order valence-electron chi connectivity index (χ1n) is 7.09. The third kappa shape index (κ3) is 2.06. The Bertz CT molecular complexity index is 573. The minimum Gasteiger partial charge on any atom is -0.308 e. The molecule has 1 unspecified atom stereocenters. The highest BCUT2D eigenvalue weighted by atomic mass is 15.3. The van der Waals surface area contributed by atoms with Crippen LogP contribution in [0.3, 0.4) is 0 Å². The standard InChI is InChI=1S/C15H20N4/c1-3-11-7-5-6-8-12(11)14-17-18-15-13(4-2)16-9-10-19(14)15/h5-8,13,16H,3-4,9-10H2,1-2H3. The van der Waals surface area contributed by atoms with Crippen LogP contribution >= 0.6 is 0 Å². The molecule has 3 rings (SSSR count). The summed E-state index contributed by atoms with van der Waals surface area (Å²) in [5.41, 5.74) is 2.56. The average Bonchev–Trinajstić information content (AvgIpc) is 2.90. The zero-order chi connectivity index (χ0) is 13.2. The first kappa shape index (κ1) is 12.4. The van der Waals surface area contributed by atoms with Crippen molar-refractivity contribution in [3.63, 3.8) is 0 Å². The largest absolute Gasteiger partial charge is 0.308 e. The molecule has 0 saturated heterocycles. The van der Waals surface area contributed by atoms with E-state index in [1.54, 1.807) is 0 Å². The van der Waals surface area contributed by atoms with Gasteiger partial charge in [0.05, 0.1) is 6.04 Å². The van der Waals surface area contributed by atoms with E-state index in [9.17, 15) is 0 Å². The highest BCUT2D eigenvalue weighted by Crippen LogP contribution is 2.27. The van der Waals surface area contributed by atoms with Crippen LogP contribution in [0.4, 0.5) is 0 Å². The molecule has 1 atom stereocenters. The van der Waals surface area contributed by atoms with Crippen LogP contribution < -0.4 is 5.32 Å². The van der Waals surface area contributed by atoms with Gasteiger partial charge in [-0.2, -0.15) is 0 Å². The molecule has 2 heterocycles. The summed E-state index contributed by atoms with van der Waals surface area (Å²) in [6, 6.07) is 8.83. The fourth-order valence-electron chi connectivity index (χ4n) is 2.81. The van der Waals surface area contributed by atoms with Crippen LogP contribution in [-0.2, 0) is 13.0 Å². The highest BCUT2D eigenvalue weighted by molar-refractivity contribution is 5.60. The Morgan fingerprint density at radius 1 is 1.26 bits per heavy atom. The third-order valence-corrected chi connectivity index (χ3v) is 3.86. The van der Waals surface area contributed by atoms with Gasteiger partial charge in [-0.05, 0) is 18.4 Å². The van der Waals surface area contributed by atoms with Gasteiger partial charge >= 0.3 is 0 Å². The summed E-state index contributed by atoms with van der Waals surface area (Å²) < 4.78 is 2.28. The summed E-state index contributed by atoms with van der Waals surface area (Å²) in [5.74, 6) is 2.10. The Morgan fingerprint density at radius 3 is 2.89 bits per heavy atom. The zero-order valence-electron chi connectivity index (χ0n) is 11.6. The lowest BCUT2D eigenvalue weighted by molar-refractivity contribution is 0.407. The summed E-state index contributed by atoms with van der Waals surface area (Å²) in [4.78, 5) is 0. The van der Waals surface area contributed by atoms with E-state index in [4.69, 9.17) is 0 Å². The molecule has 0 fully saturated rings. The number of nitrogens with one attached hydrogen (secondary N) is 1. The lowest BCUT2D eigenvalue weighted by atomic mass is 10.0. The first-order valence-corrected chi connectivity index (χ1v) is 7.09. The van der Waals surface area contributed by atoms with Crippen molar-refractivity contribution >= 4 is 0 Å². The van der Waals surface area contributed by atoms with Gasteiger partial charge < -0.3 is 9.88 Å². The Kier molecular flexibility index (Phi) is 3.34. The van der Waals surface area contributed by atoms with Crippen molar-refractivity contribution in [2.24, 2.45) is 0 Å². The van der Waals surface area contributed by atoms with Crippen LogP contribution in [0, 0.1) is 0 Å². The number of hydrogen-bond donors (Lipinski definition) is 1. The van der Waals surface area contributed by atoms with Crippen LogP contribution in [0.2, 0.25) is 0 Å². The highest BCUT2D eigenvalue weighted by Gasteiger charge is 2.24. The molecule has 1 N–H and O–H groups in total. The van der Waals surface area contributed by atoms with Crippen LogP contribution in [0.1, 0.15) is 37.7 Å². The monoisotopic (exact) mass is 256 g/mol. The molecule has 0 aliphatic carbocycles. The van der Waals surface area contributed by atoms with Crippen molar-refractivity contribution < 1.29 is 0 Å². The summed E-state index contributed by atoms with van der Waals surface area (Å²) in [5, 5.41) is 12.4. The van der Waals surface area contributed by atoms with Crippen molar-refractivity contribution in [1.29, 1.82) is 0 Å². The van der Waals surface area contributed by atoms with E-state index < -0.39 is 0 Å². The van der Waals surface area contributed by atoms with Crippen molar-refractivity contribution in [3.05, 3.63) is 35.7 Å².